The van der Waals surface area contributed by atoms with Gasteiger partial charge in [-0.25, -0.2) is 0 Å². The predicted molar refractivity (Wildman–Crippen MR) is 82.9 cm³/mol. The molecule has 1 aromatic heterocycles. The van der Waals surface area contributed by atoms with Crippen LogP contribution in [0.4, 0.5) is 5.69 Å². The third-order valence-electron chi connectivity index (χ3n) is 2.80. The summed E-state index contributed by atoms with van der Waals surface area (Å²) in [5.41, 5.74) is 4.06. The zero-order chi connectivity index (χ0) is 13.5. The van der Waals surface area contributed by atoms with Gasteiger partial charge in [-0.2, -0.15) is 4.99 Å². The molecule has 3 heteroatoms. The Balaban J connectivity index is 2.17. The molecule has 94 valence electrons. The molecule has 0 N–H and O–H groups in total. The summed E-state index contributed by atoms with van der Waals surface area (Å²) in [5, 5.41) is 2.35. The Kier molecular flexibility index (Phi) is 4.73. The van der Waals surface area contributed by atoms with E-state index >= 15 is 0 Å². The first-order chi connectivity index (χ1) is 9.33. The fourth-order valence-electron chi connectivity index (χ4n) is 1.77. The Morgan fingerprint density at radius 2 is 2.00 bits per heavy atom. The molecule has 19 heavy (non-hydrogen) atoms. The molecule has 1 aromatic carbocycles. The highest BCUT2D eigenvalue weighted by Crippen LogP contribution is 2.21. The van der Waals surface area contributed by atoms with Crippen molar-refractivity contribution < 1.29 is 0 Å². The SMILES string of the molecule is C=CCCc1ccc(-c2ccc(N=C=S)cc2)nc1. The van der Waals surface area contributed by atoms with Crippen molar-refractivity contribution in [3.05, 3.63) is 60.8 Å². The van der Waals surface area contributed by atoms with Gasteiger partial charge in [0.25, 0.3) is 0 Å². The second kappa shape index (κ2) is 6.74. The smallest absolute Gasteiger partial charge is 0.0740 e. The monoisotopic (exact) mass is 266 g/mol. The van der Waals surface area contributed by atoms with E-state index in [4.69, 9.17) is 0 Å². The van der Waals surface area contributed by atoms with Crippen LogP contribution in [0.15, 0.2) is 60.2 Å². The molecule has 2 nitrogen and oxygen atoms in total. The van der Waals surface area contributed by atoms with Gasteiger partial charge in [0.2, 0.25) is 0 Å². The van der Waals surface area contributed by atoms with E-state index in [1.165, 1.54) is 5.56 Å². The molecule has 0 saturated heterocycles. The number of rotatable bonds is 5. The van der Waals surface area contributed by atoms with E-state index in [1.54, 1.807) is 0 Å². The first-order valence-electron chi connectivity index (χ1n) is 6.07. The minimum atomic E-state index is 0.807. The Labute approximate surface area is 118 Å². The normalized spacial score (nSPS) is 9.68. The van der Waals surface area contributed by atoms with Crippen molar-refractivity contribution in [2.24, 2.45) is 4.99 Å². The molecule has 0 aliphatic heterocycles. The van der Waals surface area contributed by atoms with Gasteiger partial charge in [0.05, 0.1) is 16.5 Å². The van der Waals surface area contributed by atoms with Crippen molar-refractivity contribution >= 4 is 23.1 Å². The van der Waals surface area contributed by atoms with E-state index < -0.39 is 0 Å². The van der Waals surface area contributed by atoms with E-state index in [0.29, 0.717) is 0 Å². The lowest BCUT2D eigenvalue weighted by atomic mass is 10.1. The van der Waals surface area contributed by atoms with Crippen LogP contribution in [0.25, 0.3) is 11.3 Å². The summed E-state index contributed by atoms with van der Waals surface area (Å²) in [6, 6.07) is 11.9. The molecule has 0 aliphatic carbocycles. The summed E-state index contributed by atoms with van der Waals surface area (Å²) in [7, 11) is 0. The summed E-state index contributed by atoms with van der Waals surface area (Å²) in [6.45, 7) is 3.72. The zero-order valence-corrected chi connectivity index (χ0v) is 11.4. The highest BCUT2D eigenvalue weighted by atomic mass is 32.1. The molecule has 0 radical (unpaired) electrons. The summed E-state index contributed by atoms with van der Waals surface area (Å²) in [6.07, 6.45) is 5.80. The van der Waals surface area contributed by atoms with E-state index in [1.807, 2.05) is 42.6 Å². The predicted octanol–water partition coefficient (Wildman–Crippen LogP) is 4.60. The Bertz CT molecular complexity index is 594. The van der Waals surface area contributed by atoms with Crippen LogP contribution in [-0.2, 0) is 6.42 Å². The van der Waals surface area contributed by atoms with Crippen molar-refractivity contribution in [1.82, 2.24) is 4.98 Å². The molecule has 0 atom stereocenters. The van der Waals surface area contributed by atoms with Gasteiger partial charge in [0.1, 0.15) is 0 Å². The van der Waals surface area contributed by atoms with Crippen molar-refractivity contribution in [3.63, 3.8) is 0 Å². The van der Waals surface area contributed by atoms with Gasteiger partial charge in [-0.15, -0.1) is 6.58 Å². The minimum Gasteiger partial charge on any atom is -0.256 e. The molecule has 1 heterocycles. The number of aliphatic imine (C=N–C) groups is 1. The van der Waals surface area contributed by atoms with Crippen LogP contribution in [0.2, 0.25) is 0 Å². The van der Waals surface area contributed by atoms with Crippen molar-refractivity contribution in [3.8, 4) is 11.3 Å². The molecule has 2 rings (SSSR count). The molecule has 0 amide bonds. The van der Waals surface area contributed by atoms with Crippen LogP contribution in [0, 0.1) is 0 Å². The van der Waals surface area contributed by atoms with Crippen LogP contribution in [0.5, 0.6) is 0 Å². The fraction of sp³-hybridized carbons (Fsp3) is 0.125. The quantitative estimate of drug-likeness (QED) is 0.449. The lowest BCUT2D eigenvalue weighted by Gasteiger charge is -2.03. The maximum atomic E-state index is 4.57. The molecule has 0 fully saturated rings. The first-order valence-corrected chi connectivity index (χ1v) is 6.48. The minimum absolute atomic E-state index is 0.807. The van der Waals surface area contributed by atoms with Crippen LogP contribution in [-0.4, -0.2) is 10.1 Å². The Morgan fingerprint density at radius 1 is 1.21 bits per heavy atom. The summed E-state index contributed by atoms with van der Waals surface area (Å²) in [4.78, 5) is 8.40. The average molecular weight is 266 g/mol. The largest absolute Gasteiger partial charge is 0.256 e. The number of benzene rings is 1. The third kappa shape index (κ3) is 3.68. The first kappa shape index (κ1) is 13.3. The number of hydrogen-bond donors (Lipinski definition) is 0. The maximum absolute atomic E-state index is 4.57. The Morgan fingerprint density at radius 3 is 2.58 bits per heavy atom. The number of aromatic nitrogens is 1. The van der Waals surface area contributed by atoms with Crippen molar-refractivity contribution in [1.29, 1.82) is 0 Å². The molecule has 2 aromatic rings. The summed E-state index contributed by atoms with van der Waals surface area (Å²) < 4.78 is 0. The zero-order valence-electron chi connectivity index (χ0n) is 10.5. The van der Waals surface area contributed by atoms with Gasteiger partial charge < -0.3 is 0 Å². The third-order valence-corrected chi connectivity index (χ3v) is 2.89. The molecule has 0 aliphatic rings. The maximum Gasteiger partial charge on any atom is 0.0740 e. The van der Waals surface area contributed by atoms with Crippen LogP contribution < -0.4 is 0 Å². The number of aryl methyl sites for hydroxylation is 1. The number of thiocarbonyl (C=S) groups is 1. The fourth-order valence-corrected chi connectivity index (χ4v) is 1.88. The highest BCUT2D eigenvalue weighted by Gasteiger charge is 2.00. The number of allylic oxidation sites excluding steroid dienone is 1. The van der Waals surface area contributed by atoms with Gasteiger partial charge in [-0.1, -0.05) is 24.3 Å². The number of isothiocyanates is 1. The summed E-state index contributed by atoms with van der Waals surface area (Å²) in [5.74, 6) is 0. The van der Waals surface area contributed by atoms with Gasteiger partial charge in [-0.05, 0) is 48.8 Å². The van der Waals surface area contributed by atoms with Crippen LogP contribution in [0.3, 0.4) is 0 Å². The second-order valence-electron chi connectivity index (χ2n) is 4.13. The lowest BCUT2D eigenvalue weighted by Crippen LogP contribution is -1.88. The molecule has 0 saturated carbocycles. The van der Waals surface area contributed by atoms with Gasteiger partial charge in [0.15, 0.2) is 0 Å². The van der Waals surface area contributed by atoms with E-state index in [0.717, 1.165) is 29.8 Å². The standard InChI is InChI=1S/C16H14N2S/c1-2-3-4-13-5-10-16(17-11-13)14-6-8-15(9-7-14)18-12-19/h2,5-11H,1,3-4H2. The van der Waals surface area contributed by atoms with Gasteiger partial charge in [-0.3, -0.25) is 4.98 Å². The second-order valence-corrected chi connectivity index (χ2v) is 4.31. The molecule has 0 unspecified atom stereocenters. The average Bonchev–Trinajstić information content (AvgIpc) is 2.47. The van der Waals surface area contributed by atoms with Crippen molar-refractivity contribution in [2.75, 3.05) is 0 Å². The number of nitrogens with zero attached hydrogens (tertiary/aromatic N) is 2. The highest BCUT2D eigenvalue weighted by molar-refractivity contribution is 7.78. The lowest BCUT2D eigenvalue weighted by molar-refractivity contribution is 0.991. The number of pyridine rings is 1. The summed E-state index contributed by atoms with van der Waals surface area (Å²) >= 11 is 4.57. The van der Waals surface area contributed by atoms with Crippen LogP contribution >= 0.6 is 12.2 Å². The van der Waals surface area contributed by atoms with Crippen LogP contribution in [0.1, 0.15) is 12.0 Å². The molecule has 0 spiro atoms. The van der Waals surface area contributed by atoms with E-state index in [9.17, 15) is 0 Å². The number of hydrogen-bond acceptors (Lipinski definition) is 3. The van der Waals surface area contributed by atoms with Gasteiger partial charge in [0, 0.05) is 11.8 Å². The van der Waals surface area contributed by atoms with Gasteiger partial charge >= 0.3 is 0 Å². The van der Waals surface area contributed by atoms with Crippen molar-refractivity contribution in [2.45, 2.75) is 12.8 Å². The Hall–Kier alpha value is -2.09. The van der Waals surface area contributed by atoms with E-state index in [-0.39, 0.29) is 0 Å². The molecular weight excluding hydrogens is 252 g/mol. The molecule has 0 bridgehead atoms. The topological polar surface area (TPSA) is 25.2 Å². The van der Waals surface area contributed by atoms with E-state index in [2.05, 4.69) is 40.0 Å². The molecular formula is C16H14N2S.